The normalized spacial score (nSPS) is 19.2. The zero-order valence-electron chi connectivity index (χ0n) is 10.6. The second-order valence-corrected chi connectivity index (χ2v) is 4.45. The second-order valence-electron chi connectivity index (χ2n) is 4.45. The number of hydrogen-bond acceptors (Lipinski definition) is 5. The molecule has 5 nitrogen and oxygen atoms in total. The molecule has 0 bridgehead atoms. The van der Waals surface area contributed by atoms with Crippen LogP contribution in [0, 0.1) is 13.8 Å². The largest absolute Gasteiger partial charge is 0.383 e. The van der Waals surface area contributed by atoms with Crippen molar-refractivity contribution in [1.29, 1.82) is 0 Å². The number of nitrogen functional groups attached to an aromatic ring is 1. The van der Waals surface area contributed by atoms with E-state index in [1.54, 1.807) is 7.11 Å². The molecule has 1 aliphatic heterocycles. The van der Waals surface area contributed by atoms with E-state index in [1.165, 1.54) is 0 Å². The van der Waals surface area contributed by atoms with E-state index in [9.17, 15) is 0 Å². The molecule has 0 aliphatic carbocycles. The average Bonchev–Trinajstić information content (AvgIpc) is 2.36. The molecule has 17 heavy (non-hydrogen) atoms. The molecule has 2 rings (SSSR count). The number of aryl methyl sites for hydroxylation is 1. The van der Waals surface area contributed by atoms with Gasteiger partial charge in [-0.3, -0.25) is 0 Å². The van der Waals surface area contributed by atoms with Crippen molar-refractivity contribution >= 4 is 5.82 Å². The van der Waals surface area contributed by atoms with Gasteiger partial charge in [-0.15, -0.1) is 0 Å². The van der Waals surface area contributed by atoms with Crippen LogP contribution < -0.4 is 5.73 Å². The molecule has 2 heterocycles. The highest BCUT2D eigenvalue weighted by Crippen LogP contribution is 2.34. The topological polar surface area (TPSA) is 70.3 Å². The molecular formula is C12H19N3O2. The number of nitrogens with zero attached hydrogens (tertiary/aromatic N) is 2. The minimum absolute atomic E-state index is 0.440. The summed E-state index contributed by atoms with van der Waals surface area (Å²) in [5.74, 6) is 1.22. The van der Waals surface area contributed by atoms with Crippen molar-refractivity contribution in [2.24, 2.45) is 0 Å². The number of rotatable bonds is 2. The van der Waals surface area contributed by atoms with Crippen LogP contribution in [0.2, 0.25) is 0 Å². The van der Waals surface area contributed by atoms with E-state index in [1.807, 2.05) is 13.8 Å². The first kappa shape index (κ1) is 12.3. The third-order valence-corrected chi connectivity index (χ3v) is 3.53. The molecule has 0 radical (unpaired) electrons. The Bertz CT molecular complexity index is 391. The van der Waals surface area contributed by atoms with E-state index in [2.05, 4.69) is 9.97 Å². The fourth-order valence-electron chi connectivity index (χ4n) is 2.07. The molecule has 1 aliphatic rings. The van der Waals surface area contributed by atoms with Crippen LogP contribution in [0.4, 0.5) is 5.82 Å². The first-order valence-corrected chi connectivity index (χ1v) is 5.83. The summed E-state index contributed by atoms with van der Waals surface area (Å²) in [5.41, 5.74) is 7.31. The van der Waals surface area contributed by atoms with Crippen LogP contribution in [0.15, 0.2) is 0 Å². The third-order valence-electron chi connectivity index (χ3n) is 3.53. The van der Waals surface area contributed by atoms with E-state index < -0.39 is 5.60 Å². The predicted octanol–water partition coefficient (Wildman–Crippen LogP) is 1.33. The lowest BCUT2D eigenvalue weighted by Crippen LogP contribution is -2.37. The van der Waals surface area contributed by atoms with Gasteiger partial charge in [0.1, 0.15) is 11.4 Å². The highest BCUT2D eigenvalue weighted by atomic mass is 16.5. The maximum absolute atomic E-state index is 5.90. The lowest BCUT2D eigenvalue weighted by molar-refractivity contribution is -0.1000. The number of methoxy groups -OCH3 is 1. The maximum Gasteiger partial charge on any atom is 0.163 e. The zero-order chi connectivity index (χ0) is 12.5. The van der Waals surface area contributed by atoms with E-state index in [0.717, 1.165) is 24.1 Å². The Morgan fingerprint density at radius 3 is 2.41 bits per heavy atom. The number of anilines is 1. The summed E-state index contributed by atoms with van der Waals surface area (Å²) >= 11 is 0. The second kappa shape index (κ2) is 4.58. The van der Waals surface area contributed by atoms with Gasteiger partial charge in [-0.25, -0.2) is 9.97 Å². The van der Waals surface area contributed by atoms with Crippen LogP contribution in [-0.4, -0.2) is 30.3 Å². The van der Waals surface area contributed by atoms with Crippen LogP contribution in [-0.2, 0) is 15.1 Å². The number of ether oxygens (including phenoxy) is 2. The van der Waals surface area contributed by atoms with Gasteiger partial charge in [0.15, 0.2) is 5.82 Å². The predicted molar refractivity (Wildman–Crippen MR) is 64.7 cm³/mol. The van der Waals surface area contributed by atoms with Crippen molar-refractivity contribution in [2.75, 3.05) is 26.1 Å². The van der Waals surface area contributed by atoms with E-state index in [-0.39, 0.29) is 0 Å². The smallest absolute Gasteiger partial charge is 0.163 e. The molecule has 5 heteroatoms. The highest BCUT2D eigenvalue weighted by Gasteiger charge is 2.37. The van der Waals surface area contributed by atoms with Crippen molar-refractivity contribution in [2.45, 2.75) is 32.3 Å². The average molecular weight is 237 g/mol. The molecular weight excluding hydrogens is 218 g/mol. The standard InChI is InChI=1S/C12H19N3O2/c1-8-9(2)14-11(15-10(8)13)12(16-3)4-6-17-7-5-12/h4-7H2,1-3H3,(H2,13,14,15). The minimum atomic E-state index is -0.440. The molecule has 0 saturated carbocycles. The van der Waals surface area contributed by atoms with Gasteiger partial charge < -0.3 is 15.2 Å². The summed E-state index contributed by atoms with van der Waals surface area (Å²) in [6.45, 7) is 5.21. The van der Waals surface area contributed by atoms with Crippen LogP contribution >= 0.6 is 0 Å². The van der Waals surface area contributed by atoms with Gasteiger partial charge in [0.25, 0.3) is 0 Å². The Kier molecular flexibility index (Phi) is 3.31. The van der Waals surface area contributed by atoms with Crippen LogP contribution in [0.5, 0.6) is 0 Å². The summed E-state index contributed by atoms with van der Waals surface area (Å²) in [6.07, 6.45) is 1.54. The van der Waals surface area contributed by atoms with Crippen LogP contribution in [0.3, 0.4) is 0 Å². The number of aromatic nitrogens is 2. The highest BCUT2D eigenvalue weighted by molar-refractivity contribution is 5.41. The van der Waals surface area contributed by atoms with Crippen molar-refractivity contribution in [1.82, 2.24) is 9.97 Å². The Morgan fingerprint density at radius 1 is 1.24 bits per heavy atom. The Morgan fingerprint density at radius 2 is 1.88 bits per heavy atom. The van der Waals surface area contributed by atoms with Crippen molar-refractivity contribution in [3.63, 3.8) is 0 Å². The summed E-state index contributed by atoms with van der Waals surface area (Å²) < 4.78 is 11.0. The molecule has 2 N–H and O–H groups in total. The molecule has 0 aromatic carbocycles. The quantitative estimate of drug-likeness (QED) is 0.840. The minimum Gasteiger partial charge on any atom is -0.383 e. The molecule has 0 atom stereocenters. The van der Waals surface area contributed by atoms with Gasteiger partial charge >= 0.3 is 0 Å². The SMILES string of the molecule is COC1(c2nc(C)c(C)c(N)n2)CCOCC1. The lowest BCUT2D eigenvalue weighted by atomic mass is 9.92. The molecule has 94 valence electrons. The first-order valence-electron chi connectivity index (χ1n) is 5.83. The number of hydrogen-bond donors (Lipinski definition) is 1. The van der Waals surface area contributed by atoms with E-state index >= 15 is 0 Å². The van der Waals surface area contributed by atoms with Crippen molar-refractivity contribution < 1.29 is 9.47 Å². The van der Waals surface area contributed by atoms with Gasteiger partial charge in [-0.05, 0) is 13.8 Å². The summed E-state index contributed by atoms with van der Waals surface area (Å²) in [4.78, 5) is 8.91. The number of nitrogens with two attached hydrogens (primary N) is 1. The molecule has 0 amide bonds. The first-order chi connectivity index (χ1) is 8.09. The molecule has 0 unspecified atom stereocenters. The fraction of sp³-hybridized carbons (Fsp3) is 0.667. The zero-order valence-corrected chi connectivity index (χ0v) is 10.6. The Balaban J connectivity index is 2.43. The van der Waals surface area contributed by atoms with Gasteiger partial charge in [-0.1, -0.05) is 0 Å². The summed E-state index contributed by atoms with van der Waals surface area (Å²) in [6, 6.07) is 0. The molecule has 1 saturated heterocycles. The molecule has 1 aromatic heterocycles. The Labute approximate surface area is 101 Å². The molecule has 0 spiro atoms. The summed E-state index contributed by atoms with van der Waals surface area (Å²) in [5, 5.41) is 0. The Hall–Kier alpha value is -1.20. The van der Waals surface area contributed by atoms with Crippen LogP contribution in [0.1, 0.15) is 29.9 Å². The van der Waals surface area contributed by atoms with Gasteiger partial charge in [-0.2, -0.15) is 0 Å². The van der Waals surface area contributed by atoms with Crippen LogP contribution in [0.25, 0.3) is 0 Å². The third kappa shape index (κ3) is 2.12. The lowest BCUT2D eigenvalue weighted by Gasteiger charge is -2.34. The van der Waals surface area contributed by atoms with Gasteiger partial charge in [0.05, 0.1) is 0 Å². The van der Waals surface area contributed by atoms with Crippen molar-refractivity contribution in [3.05, 3.63) is 17.1 Å². The monoisotopic (exact) mass is 237 g/mol. The van der Waals surface area contributed by atoms with Gasteiger partial charge in [0, 0.05) is 44.4 Å². The molecule has 1 aromatic rings. The molecule has 1 fully saturated rings. The summed E-state index contributed by atoms with van der Waals surface area (Å²) in [7, 11) is 1.69. The van der Waals surface area contributed by atoms with Crippen molar-refractivity contribution in [3.8, 4) is 0 Å². The van der Waals surface area contributed by atoms with E-state index in [4.69, 9.17) is 15.2 Å². The maximum atomic E-state index is 5.90. The fourth-order valence-corrected chi connectivity index (χ4v) is 2.07. The van der Waals surface area contributed by atoms with Gasteiger partial charge in [0.2, 0.25) is 0 Å². The van der Waals surface area contributed by atoms with E-state index in [0.29, 0.717) is 24.9 Å².